The van der Waals surface area contributed by atoms with Crippen LogP contribution in [0.25, 0.3) is 0 Å². The summed E-state index contributed by atoms with van der Waals surface area (Å²) in [5.41, 5.74) is 1.30. The number of aryl methyl sites for hydroxylation is 2. The molecule has 0 fully saturated rings. The van der Waals surface area contributed by atoms with Crippen LogP contribution in [0.15, 0.2) is 29.2 Å². The van der Waals surface area contributed by atoms with Gasteiger partial charge < -0.3 is 5.32 Å². The lowest BCUT2D eigenvalue weighted by Crippen LogP contribution is -2.34. The van der Waals surface area contributed by atoms with E-state index in [2.05, 4.69) is 58.8 Å². The van der Waals surface area contributed by atoms with Crippen LogP contribution >= 0.6 is 11.8 Å². The van der Waals surface area contributed by atoms with Crippen LogP contribution in [0.2, 0.25) is 0 Å². The molecule has 6 heteroatoms. The quantitative estimate of drug-likeness (QED) is 0.758. The zero-order valence-electron chi connectivity index (χ0n) is 12.9. The van der Waals surface area contributed by atoms with Crippen LogP contribution in [0.1, 0.15) is 24.7 Å². The monoisotopic (exact) mass is 305 g/mol. The predicted octanol–water partition coefficient (Wildman–Crippen LogP) is 2.22. The third-order valence-electron chi connectivity index (χ3n) is 3.13. The Morgan fingerprint density at radius 2 is 2.05 bits per heavy atom. The summed E-state index contributed by atoms with van der Waals surface area (Å²) in [5.74, 6) is 1.80. The first kappa shape index (κ1) is 16.0. The Hall–Kier alpha value is -1.40. The topological polar surface area (TPSA) is 55.6 Å². The van der Waals surface area contributed by atoms with E-state index in [1.54, 1.807) is 7.05 Å². The van der Waals surface area contributed by atoms with Gasteiger partial charge in [0.2, 0.25) is 0 Å². The van der Waals surface area contributed by atoms with Gasteiger partial charge in [-0.1, -0.05) is 24.6 Å². The second-order valence-corrected chi connectivity index (χ2v) is 6.27. The molecule has 0 saturated heterocycles. The van der Waals surface area contributed by atoms with Crippen LogP contribution in [-0.4, -0.2) is 38.5 Å². The molecule has 114 valence electrons. The van der Waals surface area contributed by atoms with Crippen molar-refractivity contribution in [2.75, 3.05) is 12.3 Å². The number of rotatable bonds is 8. The lowest BCUT2D eigenvalue weighted by molar-refractivity contribution is 0.537. The average molecular weight is 305 g/mol. The summed E-state index contributed by atoms with van der Waals surface area (Å²) in [5, 5.41) is 15.8. The first-order chi connectivity index (χ1) is 10.2. The average Bonchev–Trinajstić information content (AvgIpc) is 2.89. The molecule has 1 atom stereocenters. The van der Waals surface area contributed by atoms with E-state index >= 15 is 0 Å². The summed E-state index contributed by atoms with van der Waals surface area (Å²) < 4.78 is 0. The fourth-order valence-corrected chi connectivity index (χ4v) is 2.95. The van der Waals surface area contributed by atoms with Crippen molar-refractivity contribution < 1.29 is 0 Å². The van der Waals surface area contributed by atoms with Crippen LogP contribution < -0.4 is 5.32 Å². The maximum atomic E-state index is 4.27. The van der Waals surface area contributed by atoms with Crippen molar-refractivity contribution in [1.82, 2.24) is 25.5 Å². The van der Waals surface area contributed by atoms with Gasteiger partial charge in [0.25, 0.3) is 0 Å². The molecule has 2 aromatic rings. The van der Waals surface area contributed by atoms with E-state index in [1.165, 1.54) is 15.3 Å². The fraction of sp³-hybridized carbons (Fsp3) is 0.533. The van der Waals surface area contributed by atoms with Crippen LogP contribution in [-0.2, 0) is 13.5 Å². The van der Waals surface area contributed by atoms with E-state index in [-0.39, 0.29) is 0 Å². The van der Waals surface area contributed by atoms with Crippen LogP contribution in [0, 0.1) is 6.92 Å². The fourth-order valence-electron chi connectivity index (χ4n) is 2.00. The van der Waals surface area contributed by atoms with E-state index in [1.807, 2.05) is 11.8 Å². The largest absolute Gasteiger partial charge is 0.313 e. The minimum absolute atomic E-state index is 0.362. The standard InChI is InChI=1S/C15H23N5S/c1-4-9-16-13(10-15-17-19-20(3)18-15)11-21-14-7-5-12(2)6-8-14/h5-8,13,16H,4,9-11H2,1-3H3. The molecule has 0 radical (unpaired) electrons. The maximum Gasteiger partial charge on any atom is 0.176 e. The molecule has 0 aliphatic carbocycles. The van der Waals surface area contributed by atoms with Gasteiger partial charge in [0.05, 0.1) is 7.05 Å². The van der Waals surface area contributed by atoms with Crippen molar-refractivity contribution in [3.05, 3.63) is 35.7 Å². The Bertz CT molecular complexity index is 537. The highest BCUT2D eigenvalue weighted by atomic mass is 32.2. The normalized spacial score (nSPS) is 12.5. The number of thioether (sulfide) groups is 1. The van der Waals surface area contributed by atoms with Crippen molar-refractivity contribution in [3.8, 4) is 0 Å². The highest BCUT2D eigenvalue weighted by Gasteiger charge is 2.13. The van der Waals surface area contributed by atoms with Gasteiger partial charge >= 0.3 is 0 Å². The summed E-state index contributed by atoms with van der Waals surface area (Å²) >= 11 is 1.87. The molecule has 0 saturated carbocycles. The number of benzene rings is 1. The molecule has 0 aliphatic rings. The van der Waals surface area contributed by atoms with E-state index in [4.69, 9.17) is 0 Å². The smallest absolute Gasteiger partial charge is 0.176 e. The van der Waals surface area contributed by atoms with Gasteiger partial charge in [-0.2, -0.15) is 4.80 Å². The Morgan fingerprint density at radius 3 is 2.67 bits per heavy atom. The second kappa shape index (κ2) is 8.14. The molecule has 0 bridgehead atoms. The number of hydrogen-bond acceptors (Lipinski definition) is 5. The van der Waals surface area contributed by atoms with E-state index in [9.17, 15) is 0 Å². The van der Waals surface area contributed by atoms with Gasteiger partial charge in [-0.25, -0.2) is 0 Å². The zero-order valence-corrected chi connectivity index (χ0v) is 13.7. The summed E-state index contributed by atoms with van der Waals surface area (Å²) in [4.78, 5) is 2.82. The van der Waals surface area contributed by atoms with Gasteiger partial charge in [0.15, 0.2) is 5.82 Å². The van der Waals surface area contributed by atoms with Crippen LogP contribution in [0.3, 0.4) is 0 Å². The first-order valence-corrected chi connectivity index (χ1v) is 8.31. The molecule has 0 aliphatic heterocycles. The van der Waals surface area contributed by atoms with Gasteiger partial charge in [-0.15, -0.1) is 22.0 Å². The molecular formula is C15H23N5S. The summed E-state index contributed by atoms with van der Waals surface area (Å²) in [7, 11) is 1.80. The molecular weight excluding hydrogens is 282 g/mol. The maximum absolute atomic E-state index is 4.27. The Kier molecular flexibility index (Phi) is 6.20. The van der Waals surface area contributed by atoms with Crippen molar-refractivity contribution in [1.29, 1.82) is 0 Å². The van der Waals surface area contributed by atoms with Gasteiger partial charge in [0.1, 0.15) is 0 Å². The predicted molar refractivity (Wildman–Crippen MR) is 86.5 cm³/mol. The molecule has 1 unspecified atom stereocenters. The molecule has 1 aromatic heterocycles. The summed E-state index contributed by atoms with van der Waals surface area (Å²) in [6, 6.07) is 9.03. The molecule has 5 nitrogen and oxygen atoms in total. The summed E-state index contributed by atoms with van der Waals surface area (Å²) in [6.07, 6.45) is 1.94. The first-order valence-electron chi connectivity index (χ1n) is 7.33. The molecule has 2 rings (SSSR count). The molecule has 0 spiro atoms. The van der Waals surface area contributed by atoms with Crippen LogP contribution in [0.4, 0.5) is 0 Å². The molecule has 21 heavy (non-hydrogen) atoms. The lowest BCUT2D eigenvalue weighted by Gasteiger charge is -2.16. The highest BCUT2D eigenvalue weighted by molar-refractivity contribution is 7.99. The number of tetrazole rings is 1. The second-order valence-electron chi connectivity index (χ2n) is 5.17. The van der Waals surface area contributed by atoms with Crippen molar-refractivity contribution in [2.45, 2.75) is 37.6 Å². The van der Waals surface area contributed by atoms with Crippen LogP contribution in [0.5, 0.6) is 0 Å². The number of hydrogen-bond donors (Lipinski definition) is 1. The van der Waals surface area contributed by atoms with Gasteiger partial charge in [-0.3, -0.25) is 0 Å². The van der Waals surface area contributed by atoms with Gasteiger partial charge in [0, 0.05) is 23.1 Å². The third kappa shape index (κ3) is 5.47. The Balaban J connectivity index is 1.90. The van der Waals surface area contributed by atoms with Crippen molar-refractivity contribution >= 4 is 11.8 Å². The Labute approximate surface area is 130 Å². The third-order valence-corrected chi connectivity index (χ3v) is 4.31. The SMILES string of the molecule is CCCNC(CSc1ccc(C)cc1)Cc1nnn(C)n1. The molecule has 0 amide bonds. The number of aromatic nitrogens is 4. The van der Waals surface area contributed by atoms with E-state index < -0.39 is 0 Å². The molecule has 1 aromatic carbocycles. The van der Waals surface area contributed by atoms with Crippen molar-refractivity contribution in [3.63, 3.8) is 0 Å². The minimum Gasteiger partial charge on any atom is -0.313 e. The van der Waals surface area contributed by atoms with E-state index in [0.29, 0.717) is 6.04 Å². The lowest BCUT2D eigenvalue weighted by atomic mass is 10.2. The zero-order chi connectivity index (χ0) is 15.1. The molecule has 1 heterocycles. The highest BCUT2D eigenvalue weighted by Crippen LogP contribution is 2.19. The summed E-state index contributed by atoms with van der Waals surface area (Å²) in [6.45, 7) is 5.30. The van der Waals surface area contributed by atoms with Crippen molar-refractivity contribution in [2.24, 2.45) is 7.05 Å². The Morgan fingerprint density at radius 1 is 1.29 bits per heavy atom. The number of nitrogens with zero attached hydrogens (tertiary/aromatic N) is 4. The number of nitrogens with one attached hydrogen (secondary N) is 1. The minimum atomic E-state index is 0.362. The molecule has 1 N–H and O–H groups in total. The van der Waals surface area contributed by atoms with Gasteiger partial charge in [-0.05, 0) is 37.2 Å². The van der Waals surface area contributed by atoms with E-state index in [0.717, 1.165) is 31.0 Å².